The predicted molar refractivity (Wildman–Crippen MR) is 98.7 cm³/mol. The van der Waals surface area contributed by atoms with Gasteiger partial charge in [-0.3, -0.25) is 9.09 Å². The van der Waals surface area contributed by atoms with Crippen molar-refractivity contribution < 1.29 is 42.3 Å². The van der Waals surface area contributed by atoms with Crippen molar-refractivity contribution in [1.29, 1.82) is 0 Å². The van der Waals surface area contributed by atoms with Crippen LogP contribution in [0.25, 0.3) is 0 Å². The van der Waals surface area contributed by atoms with Crippen molar-refractivity contribution in [1.82, 2.24) is 9.55 Å². The van der Waals surface area contributed by atoms with Crippen molar-refractivity contribution >= 4 is 31.6 Å². The van der Waals surface area contributed by atoms with Gasteiger partial charge in [-0.1, -0.05) is 0 Å². The maximum Gasteiger partial charge on any atom is 0.510 e. The van der Waals surface area contributed by atoms with Gasteiger partial charge in [0.15, 0.2) is 6.17 Å². The number of aliphatic hydroxyl groups excluding tert-OH is 1. The standard InChI is InChI=1S/C14H21FN3O9PS/c1-7(2)27-14(21)24-6-26-28(22,23)25-5-8-11(19)10(15)12(29-8)18-4-3-9(16)17-13(18)20/h3-4,7-8,10-12,19H,5-6H2,1-2H3,(H,22,23)(H2,16,17,20)/t8-,10+,11-,12-/m1/s1. The monoisotopic (exact) mass is 457 g/mol. The number of rotatable bonds is 8. The van der Waals surface area contributed by atoms with E-state index in [0.29, 0.717) is 0 Å². The highest BCUT2D eigenvalue weighted by molar-refractivity contribution is 8.00. The number of halogens is 1. The molecule has 4 N–H and O–H groups in total. The van der Waals surface area contributed by atoms with Gasteiger partial charge in [-0.25, -0.2) is 23.1 Å². The molecule has 164 valence electrons. The van der Waals surface area contributed by atoms with E-state index in [4.69, 9.17) is 10.3 Å². The summed E-state index contributed by atoms with van der Waals surface area (Å²) >= 11 is 0.815. The van der Waals surface area contributed by atoms with E-state index in [9.17, 15) is 28.5 Å². The summed E-state index contributed by atoms with van der Waals surface area (Å²) in [7, 11) is -4.67. The number of nitrogens with two attached hydrogens (primary N) is 1. The van der Waals surface area contributed by atoms with Crippen LogP contribution < -0.4 is 11.4 Å². The van der Waals surface area contributed by atoms with Crippen LogP contribution in [-0.4, -0.2) is 62.7 Å². The highest BCUT2D eigenvalue weighted by Gasteiger charge is 2.46. The van der Waals surface area contributed by atoms with Gasteiger partial charge in [-0.2, -0.15) is 4.98 Å². The Morgan fingerprint density at radius 1 is 1.48 bits per heavy atom. The maximum absolute atomic E-state index is 14.4. The summed E-state index contributed by atoms with van der Waals surface area (Å²) in [5.74, 6) is -0.0389. The molecule has 1 aromatic heterocycles. The number of alkyl halides is 1. The molecule has 0 bridgehead atoms. The van der Waals surface area contributed by atoms with Gasteiger partial charge in [-0.15, -0.1) is 11.8 Å². The molecule has 15 heteroatoms. The van der Waals surface area contributed by atoms with E-state index in [2.05, 4.69) is 19.0 Å². The summed E-state index contributed by atoms with van der Waals surface area (Å²) in [6.07, 6.45) is -3.78. The summed E-state index contributed by atoms with van der Waals surface area (Å²) in [6.45, 7) is 1.66. The van der Waals surface area contributed by atoms with E-state index in [1.807, 2.05) is 0 Å². The van der Waals surface area contributed by atoms with E-state index in [1.54, 1.807) is 13.8 Å². The minimum absolute atomic E-state index is 0.0389. The molecule has 1 aliphatic rings. The van der Waals surface area contributed by atoms with Gasteiger partial charge in [-0.05, 0) is 19.9 Å². The number of anilines is 1. The first-order valence-corrected chi connectivity index (χ1v) is 10.7. The minimum Gasteiger partial charge on any atom is -0.432 e. The molecule has 0 saturated carbocycles. The molecule has 0 radical (unpaired) electrons. The summed E-state index contributed by atoms with van der Waals surface area (Å²) in [5.41, 5.74) is 4.58. The van der Waals surface area contributed by atoms with Crippen molar-refractivity contribution in [3.05, 3.63) is 22.7 Å². The van der Waals surface area contributed by atoms with Gasteiger partial charge in [0, 0.05) is 6.20 Å². The zero-order valence-electron chi connectivity index (χ0n) is 15.4. The number of nitrogen functional groups attached to an aromatic ring is 1. The van der Waals surface area contributed by atoms with E-state index < -0.39 is 62.1 Å². The lowest BCUT2D eigenvalue weighted by Gasteiger charge is -2.17. The number of carbonyl (C=O) groups excluding carboxylic acids is 1. The minimum atomic E-state index is -4.67. The third-order valence-corrected chi connectivity index (χ3v) is 5.98. The number of ether oxygens (including phenoxy) is 2. The second-order valence-corrected chi connectivity index (χ2v) is 8.93. The predicted octanol–water partition coefficient (Wildman–Crippen LogP) is 0.791. The number of hydrogen-bond donors (Lipinski definition) is 3. The van der Waals surface area contributed by atoms with Crippen LogP contribution in [0.1, 0.15) is 19.2 Å². The Morgan fingerprint density at radius 2 is 2.17 bits per heavy atom. The smallest absolute Gasteiger partial charge is 0.432 e. The maximum atomic E-state index is 14.4. The summed E-state index contributed by atoms with van der Waals surface area (Å²) < 4.78 is 45.4. The number of aliphatic hydroxyl groups is 1. The Balaban J connectivity index is 1.89. The fraction of sp³-hybridized carbons (Fsp3) is 0.643. The third kappa shape index (κ3) is 6.66. The molecule has 2 heterocycles. The Kier molecular flexibility index (Phi) is 8.02. The number of thioether (sulfide) groups is 1. The highest BCUT2D eigenvalue weighted by Crippen LogP contribution is 2.48. The first kappa shape index (κ1) is 23.6. The lowest BCUT2D eigenvalue weighted by molar-refractivity contribution is -0.0206. The molecule has 12 nitrogen and oxygen atoms in total. The fourth-order valence-electron chi connectivity index (χ4n) is 2.26. The second-order valence-electron chi connectivity index (χ2n) is 6.11. The van der Waals surface area contributed by atoms with Gasteiger partial charge in [0.1, 0.15) is 17.3 Å². The molecule has 0 amide bonds. The van der Waals surface area contributed by atoms with E-state index >= 15 is 0 Å². The van der Waals surface area contributed by atoms with Crippen molar-refractivity contribution in [2.75, 3.05) is 19.1 Å². The zero-order chi connectivity index (χ0) is 21.8. The van der Waals surface area contributed by atoms with Crippen LogP contribution in [0, 0.1) is 0 Å². The van der Waals surface area contributed by atoms with Crippen LogP contribution >= 0.6 is 19.6 Å². The molecule has 29 heavy (non-hydrogen) atoms. The molecule has 1 unspecified atom stereocenters. The normalized spacial score (nSPS) is 26.3. The highest BCUT2D eigenvalue weighted by atomic mass is 32.2. The van der Waals surface area contributed by atoms with Crippen LogP contribution in [0.4, 0.5) is 15.0 Å². The second kappa shape index (κ2) is 9.87. The van der Waals surface area contributed by atoms with Crippen LogP contribution in [0.15, 0.2) is 17.1 Å². The molecule has 5 atom stereocenters. The SMILES string of the molecule is CC(C)OC(=O)OCOP(=O)(O)OC[C@H]1S[C@@H](n2ccc(N)nc2=O)[C@@H](F)[C@@H]1O. The van der Waals surface area contributed by atoms with Gasteiger partial charge in [0.25, 0.3) is 0 Å². The Morgan fingerprint density at radius 3 is 2.79 bits per heavy atom. The lowest BCUT2D eigenvalue weighted by Crippen LogP contribution is -2.33. The number of nitrogens with zero attached hydrogens (tertiary/aromatic N) is 2. The zero-order valence-corrected chi connectivity index (χ0v) is 17.1. The van der Waals surface area contributed by atoms with Crippen LogP contribution in [0.5, 0.6) is 0 Å². The largest absolute Gasteiger partial charge is 0.510 e. The quantitative estimate of drug-likeness (QED) is 0.285. The molecular weight excluding hydrogens is 436 g/mol. The first-order valence-electron chi connectivity index (χ1n) is 8.27. The van der Waals surface area contributed by atoms with E-state index in [-0.39, 0.29) is 5.82 Å². The average molecular weight is 457 g/mol. The molecule has 1 fully saturated rings. The number of carbonyl (C=O) groups is 1. The number of aromatic nitrogens is 2. The molecule has 0 spiro atoms. The van der Waals surface area contributed by atoms with Crippen molar-refractivity contribution in [2.45, 2.75) is 42.9 Å². The number of phosphoric ester groups is 1. The van der Waals surface area contributed by atoms with Crippen LogP contribution in [0.3, 0.4) is 0 Å². The first-order chi connectivity index (χ1) is 13.5. The summed E-state index contributed by atoms with van der Waals surface area (Å²) in [4.78, 5) is 36.1. The third-order valence-electron chi connectivity index (χ3n) is 3.55. The van der Waals surface area contributed by atoms with E-state index in [0.717, 1.165) is 16.3 Å². The Bertz CT molecular complexity index is 826. The Labute approximate surface area is 168 Å². The molecule has 1 aromatic rings. The Hall–Kier alpha value is -1.70. The topological polar surface area (TPSA) is 172 Å². The lowest BCUT2D eigenvalue weighted by atomic mass is 10.1. The van der Waals surface area contributed by atoms with Crippen molar-refractivity contribution in [3.63, 3.8) is 0 Å². The molecular formula is C14H21FN3O9PS. The van der Waals surface area contributed by atoms with Gasteiger partial charge >= 0.3 is 19.7 Å². The molecule has 2 rings (SSSR count). The molecule has 1 saturated heterocycles. The van der Waals surface area contributed by atoms with Crippen molar-refractivity contribution in [3.8, 4) is 0 Å². The summed E-state index contributed by atoms with van der Waals surface area (Å²) in [6, 6.07) is 1.30. The van der Waals surface area contributed by atoms with Gasteiger partial charge in [0.2, 0.25) is 6.79 Å². The fourth-order valence-corrected chi connectivity index (χ4v) is 4.39. The molecule has 0 aromatic carbocycles. The van der Waals surface area contributed by atoms with Crippen molar-refractivity contribution in [2.24, 2.45) is 0 Å². The molecule has 1 aliphatic heterocycles. The number of hydrogen-bond acceptors (Lipinski definition) is 11. The summed E-state index contributed by atoms with van der Waals surface area (Å²) in [5, 5.41) is 7.91. The van der Waals surface area contributed by atoms with E-state index in [1.165, 1.54) is 12.3 Å². The number of phosphoric acid groups is 1. The van der Waals surface area contributed by atoms with Gasteiger partial charge < -0.3 is 25.2 Å². The van der Waals surface area contributed by atoms with Gasteiger partial charge in [0.05, 0.1) is 18.0 Å². The average Bonchev–Trinajstić information content (AvgIpc) is 2.87. The van der Waals surface area contributed by atoms with Crippen LogP contribution in [0.2, 0.25) is 0 Å². The molecule has 0 aliphatic carbocycles. The van der Waals surface area contributed by atoms with Crippen LogP contribution in [-0.2, 0) is 23.1 Å².